The largest absolute Gasteiger partial charge is 0.365 e. The summed E-state index contributed by atoms with van der Waals surface area (Å²) in [6.45, 7) is 4.93. The minimum absolute atomic E-state index is 0.0495. The Kier molecular flexibility index (Phi) is 6.71. The highest BCUT2D eigenvalue weighted by molar-refractivity contribution is 7.17. The molecule has 3 aromatic rings. The summed E-state index contributed by atoms with van der Waals surface area (Å²) in [5.41, 5.74) is 0. The number of aromatic nitrogens is 3. The molecule has 1 atom stereocenters. The zero-order chi connectivity index (χ0) is 22.3. The monoisotopic (exact) mass is 449 g/mol. The number of nitrogens with one attached hydrogen (secondary N) is 3. The van der Waals surface area contributed by atoms with E-state index in [-0.39, 0.29) is 17.9 Å². The zero-order valence-corrected chi connectivity index (χ0v) is 18.1. The molecule has 3 aromatic heterocycles. The van der Waals surface area contributed by atoms with Gasteiger partial charge in [-0.05, 0) is 43.2 Å². The molecule has 0 saturated carbocycles. The number of hydrogen-bond acceptors (Lipinski definition) is 8. The van der Waals surface area contributed by atoms with Crippen molar-refractivity contribution < 1.29 is 9.59 Å². The van der Waals surface area contributed by atoms with Crippen LogP contribution in [0.4, 0.5) is 22.6 Å². The highest BCUT2D eigenvalue weighted by Gasteiger charge is 2.22. The molecule has 2 amide bonds. The van der Waals surface area contributed by atoms with Gasteiger partial charge in [0.2, 0.25) is 5.91 Å². The van der Waals surface area contributed by atoms with Crippen LogP contribution < -0.4 is 16.0 Å². The minimum Gasteiger partial charge on any atom is -0.365 e. The lowest BCUT2D eigenvalue weighted by atomic mass is 10.1. The fourth-order valence-electron chi connectivity index (χ4n) is 3.38. The van der Waals surface area contributed by atoms with E-state index in [9.17, 15) is 9.59 Å². The molecular weight excluding hydrogens is 426 g/mol. The predicted octanol–water partition coefficient (Wildman–Crippen LogP) is 3.52. The maximum Gasteiger partial charge on any atom is 0.268 e. The number of carbonyl (C=O) groups excluding carboxylic acids is 2. The van der Waals surface area contributed by atoms with Crippen LogP contribution in [0.3, 0.4) is 0 Å². The van der Waals surface area contributed by atoms with E-state index >= 15 is 0 Å². The van der Waals surface area contributed by atoms with Crippen LogP contribution in [0.2, 0.25) is 0 Å². The summed E-state index contributed by atoms with van der Waals surface area (Å²) in [4.78, 5) is 39.5. The van der Waals surface area contributed by atoms with Gasteiger partial charge in [-0.1, -0.05) is 30.0 Å². The second kappa shape index (κ2) is 10.0. The lowest BCUT2D eigenvalue weighted by Gasteiger charge is -2.32. The summed E-state index contributed by atoms with van der Waals surface area (Å²) in [6.07, 6.45) is 6.37. The molecule has 4 rings (SSSR count). The number of thiazole rings is 1. The molecule has 4 heterocycles. The molecule has 9 nitrogen and oxygen atoms in total. The molecule has 1 aliphatic heterocycles. The van der Waals surface area contributed by atoms with Crippen molar-refractivity contribution in [2.45, 2.75) is 18.9 Å². The molecule has 1 saturated heterocycles. The normalized spacial score (nSPS) is 15.6. The van der Waals surface area contributed by atoms with Gasteiger partial charge in [0.05, 0.1) is 6.20 Å². The van der Waals surface area contributed by atoms with Crippen molar-refractivity contribution in [3.8, 4) is 0 Å². The smallest absolute Gasteiger partial charge is 0.268 e. The lowest BCUT2D eigenvalue weighted by molar-refractivity contribution is -0.127. The number of hydrogen-bond donors (Lipinski definition) is 3. The Labute approximate surface area is 189 Å². The number of amides is 2. The predicted molar refractivity (Wildman–Crippen MR) is 125 cm³/mol. The number of piperidine rings is 1. The molecule has 0 aromatic carbocycles. The summed E-state index contributed by atoms with van der Waals surface area (Å²) in [6, 6.07) is 11.0. The van der Waals surface area contributed by atoms with Crippen LogP contribution in [-0.2, 0) is 4.79 Å². The second-order valence-corrected chi connectivity index (χ2v) is 8.23. The highest BCUT2D eigenvalue weighted by atomic mass is 32.1. The first-order valence-electron chi connectivity index (χ1n) is 10.2. The van der Waals surface area contributed by atoms with Crippen molar-refractivity contribution in [3.63, 3.8) is 0 Å². The van der Waals surface area contributed by atoms with Gasteiger partial charge in [0.25, 0.3) is 5.91 Å². The van der Waals surface area contributed by atoms with Gasteiger partial charge in [-0.15, -0.1) is 0 Å². The SMILES string of the molecule is C=CC(=O)N1CCC[C@H](Nc2cccc(Nc3ncc(C(=O)Nc4ccccn4)s3)n2)C1. The van der Waals surface area contributed by atoms with E-state index < -0.39 is 0 Å². The molecule has 164 valence electrons. The van der Waals surface area contributed by atoms with Gasteiger partial charge in [0.15, 0.2) is 5.13 Å². The Bertz CT molecular complexity index is 1100. The number of likely N-dealkylation sites (tertiary alicyclic amines) is 1. The maximum absolute atomic E-state index is 12.4. The molecule has 0 aliphatic carbocycles. The first-order valence-corrected chi connectivity index (χ1v) is 11.0. The van der Waals surface area contributed by atoms with E-state index in [4.69, 9.17) is 0 Å². The third-order valence-electron chi connectivity index (χ3n) is 4.88. The lowest BCUT2D eigenvalue weighted by Crippen LogP contribution is -2.44. The van der Waals surface area contributed by atoms with Crippen molar-refractivity contribution >= 4 is 45.7 Å². The van der Waals surface area contributed by atoms with Gasteiger partial charge in [0.1, 0.15) is 22.3 Å². The summed E-state index contributed by atoms with van der Waals surface area (Å²) in [5, 5.41) is 9.83. The number of rotatable bonds is 7. The highest BCUT2D eigenvalue weighted by Crippen LogP contribution is 2.24. The van der Waals surface area contributed by atoms with Crippen LogP contribution in [0.5, 0.6) is 0 Å². The molecule has 32 heavy (non-hydrogen) atoms. The van der Waals surface area contributed by atoms with Gasteiger partial charge in [0, 0.05) is 25.3 Å². The van der Waals surface area contributed by atoms with Gasteiger partial charge < -0.3 is 20.9 Å². The Morgan fingerprint density at radius 1 is 1.12 bits per heavy atom. The first kappa shape index (κ1) is 21.4. The standard InChI is InChI=1S/C22H23N7O2S/c1-2-20(30)29-12-6-7-15(14-29)25-18-9-5-10-19(26-18)28-22-24-13-16(32-22)21(31)27-17-8-3-4-11-23-17/h2-5,8-11,13,15H,1,6-7,12,14H2,(H,23,27,31)(H2,24,25,26,28)/t15-/m0/s1. The molecule has 1 fully saturated rings. The van der Waals surface area contributed by atoms with Gasteiger partial charge >= 0.3 is 0 Å². The van der Waals surface area contributed by atoms with E-state index in [2.05, 4.69) is 37.5 Å². The summed E-state index contributed by atoms with van der Waals surface area (Å²) < 4.78 is 0. The van der Waals surface area contributed by atoms with Gasteiger partial charge in [-0.25, -0.2) is 15.0 Å². The Balaban J connectivity index is 1.36. The molecule has 3 N–H and O–H groups in total. The van der Waals surface area contributed by atoms with Crippen molar-refractivity contribution in [2.75, 3.05) is 29.0 Å². The van der Waals surface area contributed by atoms with Crippen LogP contribution >= 0.6 is 11.3 Å². The number of pyridine rings is 2. The summed E-state index contributed by atoms with van der Waals surface area (Å²) >= 11 is 1.23. The van der Waals surface area contributed by atoms with E-state index in [1.165, 1.54) is 23.6 Å². The van der Waals surface area contributed by atoms with Crippen LogP contribution in [0.1, 0.15) is 22.5 Å². The Morgan fingerprint density at radius 2 is 1.97 bits per heavy atom. The van der Waals surface area contributed by atoms with E-state index in [0.29, 0.717) is 34.0 Å². The van der Waals surface area contributed by atoms with Crippen molar-refractivity contribution in [1.82, 2.24) is 19.9 Å². The van der Waals surface area contributed by atoms with Crippen LogP contribution in [-0.4, -0.2) is 50.8 Å². The molecule has 0 bridgehead atoms. The minimum atomic E-state index is -0.270. The fourth-order valence-corrected chi connectivity index (χ4v) is 4.10. The molecule has 0 radical (unpaired) electrons. The van der Waals surface area contributed by atoms with Crippen molar-refractivity contribution in [2.24, 2.45) is 0 Å². The van der Waals surface area contributed by atoms with E-state index in [1.54, 1.807) is 29.3 Å². The Morgan fingerprint density at radius 3 is 2.78 bits per heavy atom. The average Bonchev–Trinajstić information content (AvgIpc) is 3.28. The fraction of sp³-hybridized carbons (Fsp3) is 0.227. The maximum atomic E-state index is 12.4. The van der Waals surface area contributed by atoms with Crippen LogP contribution in [0.25, 0.3) is 0 Å². The van der Waals surface area contributed by atoms with Gasteiger partial charge in [-0.2, -0.15) is 0 Å². The number of anilines is 4. The van der Waals surface area contributed by atoms with Crippen LogP contribution in [0, 0.1) is 0 Å². The average molecular weight is 450 g/mol. The molecule has 0 unspecified atom stereocenters. The van der Waals surface area contributed by atoms with Gasteiger partial charge in [-0.3, -0.25) is 9.59 Å². The Hall–Kier alpha value is -3.79. The van der Waals surface area contributed by atoms with E-state index in [0.717, 1.165) is 19.4 Å². The molecular formula is C22H23N7O2S. The third kappa shape index (κ3) is 5.46. The topological polar surface area (TPSA) is 112 Å². The quantitative estimate of drug-likeness (QED) is 0.473. The number of carbonyl (C=O) groups is 2. The molecule has 10 heteroatoms. The molecule has 0 spiro atoms. The van der Waals surface area contributed by atoms with E-state index in [1.807, 2.05) is 18.2 Å². The number of nitrogens with zero attached hydrogens (tertiary/aromatic N) is 4. The van der Waals surface area contributed by atoms with Crippen molar-refractivity contribution in [1.29, 1.82) is 0 Å². The van der Waals surface area contributed by atoms with Crippen LogP contribution in [0.15, 0.2) is 61.4 Å². The first-order chi connectivity index (χ1) is 15.6. The van der Waals surface area contributed by atoms with Crippen molar-refractivity contribution in [3.05, 3.63) is 66.3 Å². The zero-order valence-electron chi connectivity index (χ0n) is 17.3. The summed E-state index contributed by atoms with van der Waals surface area (Å²) in [5.74, 6) is 1.48. The summed E-state index contributed by atoms with van der Waals surface area (Å²) in [7, 11) is 0. The second-order valence-electron chi connectivity index (χ2n) is 7.20. The third-order valence-corrected chi connectivity index (χ3v) is 5.79. The molecule has 1 aliphatic rings.